The van der Waals surface area contributed by atoms with Gasteiger partial charge in [-0.15, -0.1) is 0 Å². The molecule has 2 N–H and O–H groups in total. The Morgan fingerprint density at radius 3 is 2.71 bits per heavy atom. The van der Waals surface area contributed by atoms with E-state index in [1.165, 1.54) is 11.1 Å². The van der Waals surface area contributed by atoms with Crippen LogP contribution in [0.5, 0.6) is 0 Å². The minimum atomic E-state index is -0.388. The second-order valence-corrected chi connectivity index (χ2v) is 7.56. The zero-order valence-corrected chi connectivity index (χ0v) is 14.7. The zero-order chi connectivity index (χ0) is 17.1. The Morgan fingerprint density at radius 1 is 1.25 bits per heavy atom. The molecule has 0 spiro atoms. The number of nitrogens with one attached hydrogen (secondary N) is 1. The highest BCUT2D eigenvalue weighted by Crippen LogP contribution is 2.18. The molecule has 5 nitrogen and oxygen atoms in total. The molecule has 0 saturated carbocycles. The van der Waals surface area contributed by atoms with Gasteiger partial charge < -0.3 is 15.3 Å². The molecule has 1 aromatic rings. The highest BCUT2D eigenvalue weighted by atomic mass is 16.3. The summed E-state index contributed by atoms with van der Waals surface area (Å²) in [4.78, 5) is 16.6. The van der Waals surface area contributed by atoms with Crippen LogP contribution in [0.15, 0.2) is 24.3 Å². The second-order valence-electron chi connectivity index (χ2n) is 7.56. The fourth-order valence-corrected chi connectivity index (χ4v) is 3.80. The molecule has 24 heavy (non-hydrogen) atoms. The lowest BCUT2D eigenvalue weighted by Crippen LogP contribution is -2.52. The minimum absolute atomic E-state index is 0.0252. The number of β-amino-alcohol motifs (C(OH)–C–C–N with tert-alkyl or cyclic N) is 1. The van der Waals surface area contributed by atoms with Crippen LogP contribution in [-0.4, -0.2) is 59.3 Å². The summed E-state index contributed by atoms with van der Waals surface area (Å²) in [6, 6.07) is 8.83. The van der Waals surface area contributed by atoms with E-state index in [9.17, 15) is 9.90 Å². The maximum atomic E-state index is 12.4. The number of piperidine rings is 1. The maximum absolute atomic E-state index is 12.4. The number of hydrogen-bond donors (Lipinski definition) is 2. The van der Waals surface area contributed by atoms with E-state index < -0.39 is 0 Å². The van der Waals surface area contributed by atoms with E-state index in [0.717, 1.165) is 39.0 Å². The van der Waals surface area contributed by atoms with E-state index in [-0.39, 0.29) is 18.2 Å². The Morgan fingerprint density at radius 2 is 2.00 bits per heavy atom. The smallest absolute Gasteiger partial charge is 0.317 e. The van der Waals surface area contributed by atoms with Crippen molar-refractivity contribution in [3.8, 4) is 0 Å². The van der Waals surface area contributed by atoms with Crippen molar-refractivity contribution in [1.82, 2.24) is 15.1 Å². The lowest BCUT2D eigenvalue weighted by molar-refractivity contribution is 0.0597. The minimum Gasteiger partial charge on any atom is -0.391 e. The van der Waals surface area contributed by atoms with Gasteiger partial charge in [0.05, 0.1) is 6.10 Å². The summed E-state index contributed by atoms with van der Waals surface area (Å²) in [6.07, 6.45) is 1.39. The summed E-state index contributed by atoms with van der Waals surface area (Å²) in [5.74, 6) is 0.362. The number of benzene rings is 1. The van der Waals surface area contributed by atoms with Gasteiger partial charge in [0, 0.05) is 38.8 Å². The first-order valence-corrected chi connectivity index (χ1v) is 9.01. The van der Waals surface area contributed by atoms with Crippen LogP contribution in [0, 0.1) is 12.8 Å². The van der Waals surface area contributed by atoms with Crippen LogP contribution in [0.4, 0.5) is 4.79 Å². The molecule has 3 rings (SSSR count). The Bertz CT molecular complexity index is 550. The number of urea groups is 1. The van der Waals surface area contributed by atoms with Gasteiger partial charge >= 0.3 is 6.03 Å². The molecule has 132 valence electrons. The van der Waals surface area contributed by atoms with Crippen LogP contribution in [-0.2, 0) is 6.54 Å². The number of likely N-dealkylation sites (tertiary alicyclic amines) is 2. The van der Waals surface area contributed by atoms with Gasteiger partial charge in [-0.3, -0.25) is 4.90 Å². The summed E-state index contributed by atoms with van der Waals surface area (Å²) < 4.78 is 0. The highest BCUT2D eigenvalue weighted by Gasteiger charge is 2.29. The van der Waals surface area contributed by atoms with Crippen molar-refractivity contribution in [2.75, 3.05) is 26.2 Å². The number of hydrogen-bond acceptors (Lipinski definition) is 3. The van der Waals surface area contributed by atoms with Gasteiger partial charge in [0.1, 0.15) is 0 Å². The van der Waals surface area contributed by atoms with Crippen molar-refractivity contribution in [2.45, 2.75) is 45.4 Å². The van der Waals surface area contributed by atoms with Gasteiger partial charge in [0.2, 0.25) is 0 Å². The summed E-state index contributed by atoms with van der Waals surface area (Å²) >= 11 is 0. The predicted molar refractivity (Wildman–Crippen MR) is 94.8 cm³/mol. The molecule has 2 aliphatic rings. The first kappa shape index (κ1) is 17.2. The average molecular weight is 331 g/mol. The van der Waals surface area contributed by atoms with Gasteiger partial charge in [-0.2, -0.15) is 0 Å². The molecule has 0 aliphatic carbocycles. The lowest BCUT2D eigenvalue weighted by atomic mass is 9.98. The molecule has 1 aromatic carbocycles. The van der Waals surface area contributed by atoms with Gasteiger partial charge in [-0.1, -0.05) is 36.8 Å². The number of nitrogens with zero attached hydrogens (tertiary/aromatic N) is 2. The van der Waals surface area contributed by atoms with Crippen molar-refractivity contribution in [1.29, 1.82) is 0 Å². The molecule has 0 radical (unpaired) electrons. The monoisotopic (exact) mass is 331 g/mol. The molecular weight excluding hydrogens is 302 g/mol. The molecule has 2 heterocycles. The summed E-state index contributed by atoms with van der Waals surface area (Å²) in [7, 11) is 0. The van der Waals surface area contributed by atoms with Crippen LogP contribution in [0.2, 0.25) is 0 Å². The number of carbonyl (C=O) groups excluding carboxylic acids is 1. The fourth-order valence-electron chi connectivity index (χ4n) is 3.80. The fraction of sp³-hybridized carbons (Fsp3) is 0.632. The molecule has 0 bridgehead atoms. The standard InChI is InChI=1S/C19H29N3O2/c1-14-3-5-16(6-4-14)11-21-8-7-17(12-21)20-19(24)22-10-15(2)9-18(23)13-22/h3-6,15,17-18,23H,7-13H2,1-2H3,(H,20,24)/t15-,17?,18+/m1/s1. The molecule has 2 fully saturated rings. The van der Waals surface area contributed by atoms with E-state index in [1.807, 2.05) is 0 Å². The first-order valence-electron chi connectivity index (χ1n) is 9.01. The van der Waals surface area contributed by atoms with Crippen molar-refractivity contribution in [2.24, 2.45) is 5.92 Å². The van der Waals surface area contributed by atoms with Crippen LogP contribution in [0.1, 0.15) is 30.9 Å². The van der Waals surface area contributed by atoms with E-state index >= 15 is 0 Å². The predicted octanol–water partition coefficient (Wildman–Crippen LogP) is 1.98. The molecular formula is C19H29N3O2. The number of aliphatic hydroxyl groups is 1. The Hall–Kier alpha value is -1.59. The molecule has 5 heteroatoms. The van der Waals surface area contributed by atoms with Crippen molar-refractivity contribution in [3.05, 3.63) is 35.4 Å². The number of aryl methyl sites for hydroxylation is 1. The number of carbonyl (C=O) groups is 1. The van der Waals surface area contributed by atoms with Gasteiger partial charge in [0.15, 0.2) is 0 Å². The molecule has 2 saturated heterocycles. The molecule has 2 amide bonds. The molecule has 2 aliphatic heterocycles. The molecule has 3 atom stereocenters. The Kier molecular flexibility index (Phi) is 5.41. The zero-order valence-electron chi connectivity index (χ0n) is 14.7. The summed E-state index contributed by atoms with van der Waals surface area (Å²) in [6.45, 7) is 8.22. The van der Waals surface area contributed by atoms with Gasteiger partial charge in [-0.05, 0) is 31.2 Å². The normalized spacial score (nSPS) is 28.1. The average Bonchev–Trinajstić information content (AvgIpc) is 2.95. The maximum Gasteiger partial charge on any atom is 0.317 e. The molecule has 1 unspecified atom stereocenters. The quantitative estimate of drug-likeness (QED) is 0.890. The lowest BCUT2D eigenvalue weighted by Gasteiger charge is -2.34. The van der Waals surface area contributed by atoms with Gasteiger partial charge in [0.25, 0.3) is 0 Å². The van der Waals surface area contributed by atoms with Gasteiger partial charge in [-0.25, -0.2) is 4.79 Å². The van der Waals surface area contributed by atoms with Crippen LogP contribution < -0.4 is 5.32 Å². The highest BCUT2D eigenvalue weighted by molar-refractivity contribution is 5.74. The topological polar surface area (TPSA) is 55.8 Å². The Balaban J connectivity index is 1.47. The SMILES string of the molecule is Cc1ccc(CN2CCC(NC(=O)N3C[C@H](C)C[C@H](O)C3)C2)cc1. The first-order chi connectivity index (χ1) is 11.5. The third-order valence-electron chi connectivity index (χ3n) is 5.05. The van der Waals surface area contributed by atoms with E-state index in [4.69, 9.17) is 0 Å². The van der Waals surface area contributed by atoms with Crippen molar-refractivity contribution in [3.63, 3.8) is 0 Å². The van der Waals surface area contributed by atoms with Crippen LogP contribution in [0.3, 0.4) is 0 Å². The van der Waals surface area contributed by atoms with Crippen LogP contribution >= 0.6 is 0 Å². The number of rotatable bonds is 3. The summed E-state index contributed by atoms with van der Waals surface area (Å²) in [5, 5.41) is 13.0. The third kappa shape index (κ3) is 4.48. The van der Waals surface area contributed by atoms with E-state index in [2.05, 4.69) is 48.3 Å². The number of amides is 2. The summed E-state index contributed by atoms with van der Waals surface area (Å²) in [5.41, 5.74) is 2.60. The van der Waals surface area contributed by atoms with Crippen molar-refractivity contribution >= 4 is 6.03 Å². The largest absolute Gasteiger partial charge is 0.391 e. The van der Waals surface area contributed by atoms with Crippen molar-refractivity contribution < 1.29 is 9.90 Å². The number of aliphatic hydroxyl groups excluding tert-OH is 1. The second kappa shape index (κ2) is 7.53. The Labute approximate surface area is 144 Å². The van der Waals surface area contributed by atoms with E-state index in [0.29, 0.717) is 12.5 Å². The molecule has 0 aromatic heterocycles. The van der Waals surface area contributed by atoms with E-state index in [1.54, 1.807) is 4.90 Å². The van der Waals surface area contributed by atoms with Crippen LogP contribution in [0.25, 0.3) is 0 Å². The third-order valence-corrected chi connectivity index (χ3v) is 5.05.